The van der Waals surface area contributed by atoms with Crippen LogP contribution in [0.25, 0.3) is 0 Å². The summed E-state index contributed by atoms with van der Waals surface area (Å²) >= 11 is 2.56. The van der Waals surface area contributed by atoms with Gasteiger partial charge >= 0.3 is 4.88 Å². The van der Waals surface area contributed by atoms with E-state index in [1.54, 1.807) is 12.1 Å². The Morgan fingerprint density at radius 1 is 1.50 bits per heavy atom. The van der Waals surface area contributed by atoms with Gasteiger partial charge < -0.3 is 4.74 Å². The number of benzene rings is 1. The zero-order valence-corrected chi connectivity index (χ0v) is 8.56. The van der Waals surface area contributed by atoms with Crippen molar-refractivity contribution in [1.82, 2.24) is 0 Å². The Bertz CT molecular complexity index is 366. The Labute approximate surface area is 88.0 Å². The van der Waals surface area contributed by atoms with E-state index in [2.05, 4.69) is 20.7 Å². The molecule has 1 aromatic rings. The number of halogens is 1. The Balaban J connectivity index is 2.84. The molecule has 0 aromatic heterocycles. The average Bonchev–Trinajstić information content (AvgIpc) is 2.15. The Hall–Kier alpha value is -1.43. The molecule has 0 radical (unpaired) electrons. The van der Waals surface area contributed by atoms with Crippen LogP contribution in [0, 0.1) is 10.1 Å². The molecule has 0 heterocycles. The van der Waals surface area contributed by atoms with Gasteiger partial charge in [-0.15, -0.1) is 0 Å². The van der Waals surface area contributed by atoms with Crippen molar-refractivity contribution in [2.24, 2.45) is 0 Å². The Morgan fingerprint density at radius 3 is 2.71 bits per heavy atom. The van der Waals surface area contributed by atoms with Crippen molar-refractivity contribution in [1.29, 1.82) is 0 Å². The third-order valence-electron chi connectivity index (χ3n) is 1.53. The van der Waals surface area contributed by atoms with Crippen molar-refractivity contribution in [3.8, 4) is 0 Å². The fraction of sp³-hybridized carbons (Fsp3) is 0.125. The lowest BCUT2D eigenvalue weighted by Gasteiger charge is -2.01. The van der Waals surface area contributed by atoms with E-state index in [0.29, 0.717) is 5.56 Å². The summed E-state index contributed by atoms with van der Waals surface area (Å²) in [6.45, 7) is -0.110. The third kappa shape index (κ3) is 2.81. The first-order valence-electron chi connectivity index (χ1n) is 3.66. The summed E-state index contributed by atoms with van der Waals surface area (Å²) in [5.74, 6) is 0. The van der Waals surface area contributed by atoms with Crippen LogP contribution >= 0.6 is 15.9 Å². The van der Waals surface area contributed by atoms with E-state index in [-0.39, 0.29) is 12.3 Å². The van der Waals surface area contributed by atoms with Gasteiger partial charge in [0, 0.05) is 22.0 Å². The summed E-state index contributed by atoms with van der Waals surface area (Å²) < 4.78 is 4.59. The molecule has 0 aliphatic heterocycles. The van der Waals surface area contributed by atoms with Crippen LogP contribution in [0.3, 0.4) is 0 Å². The van der Waals surface area contributed by atoms with E-state index in [1.807, 2.05) is 0 Å². The molecule has 0 unspecified atom stereocenters. The van der Waals surface area contributed by atoms with E-state index in [9.17, 15) is 14.9 Å². The van der Waals surface area contributed by atoms with E-state index in [0.717, 1.165) is 0 Å². The maximum atomic E-state index is 10.5. The highest BCUT2D eigenvalue weighted by atomic mass is 79.9. The highest BCUT2D eigenvalue weighted by Gasteiger charge is 2.12. The van der Waals surface area contributed by atoms with Gasteiger partial charge in [0.2, 0.25) is 0 Å². The molecule has 74 valence electrons. The summed E-state index contributed by atoms with van der Waals surface area (Å²) in [4.78, 5) is 19.8. The molecule has 0 aliphatic rings. The number of para-hydroxylation sites is 1. The van der Waals surface area contributed by atoms with Gasteiger partial charge in [-0.25, -0.2) is 4.79 Å². The van der Waals surface area contributed by atoms with Gasteiger partial charge in [-0.2, -0.15) is 0 Å². The van der Waals surface area contributed by atoms with Crippen LogP contribution < -0.4 is 0 Å². The number of rotatable bonds is 3. The standard InChI is InChI=1S/C8H6BrNO4/c9-8(11)14-5-6-3-1-2-4-7(6)10(12)13/h1-4H,5H2. The summed E-state index contributed by atoms with van der Waals surface area (Å²) in [5, 5.41) is 10.5. The van der Waals surface area contributed by atoms with E-state index >= 15 is 0 Å². The van der Waals surface area contributed by atoms with Crippen LogP contribution in [0.2, 0.25) is 0 Å². The maximum absolute atomic E-state index is 10.5. The SMILES string of the molecule is O=C(Br)OCc1ccccc1[N+](=O)[O-]. The normalized spacial score (nSPS) is 9.50. The first kappa shape index (κ1) is 10.6. The van der Waals surface area contributed by atoms with Gasteiger partial charge in [-0.3, -0.25) is 10.1 Å². The van der Waals surface area contributed by atoms with Crippen molar-refractivity contribution in [2.45, 2.75) is 6.61 Å². The molecule has 0 N–H and O–H groups in total. The fourth-order valence-electron chi connectivity index (χ4n) is 0.945. The first-order valence-corrected chi connectivity index (χ1v) is 4.45. The quantitative estimate of drug-likeness (QED) is 0.475. The van der Waals surface area contributed by atoms with Crippen LogP contribution in [0.5, 0.6) is 0 Å². The number of carbonyl (C=O) groups is 1. The van der Waals surface area contributed by atoms with E-state index < -0.39 is 9.80 Å². The number of carbonyl (C=O) groups excluding carboxylic acids is 1. The molecular formula is C8H6BrNO4. The Kier molecular flexibility index (Phi) is 3.58. The molecule has 0 atom stereocenters. The Morgan fingerprint density at radius 2 is 2.14 bits per heavy atom. The smallest absolute Gasteiger partial charge is 0.374 e. The van der Waals surface area contributed by atoms with Crippen molar-refractivity contribution in [2.75, 3.05) is 0 Å². The van der Waals surface area contributed by atoms with E-state index in [4.69, 9.17) is 0 Å². The van der Waals surface area contributed by atoms with Gasteiger partial charge in [-0.1, -0.05) is 12.1 Å². The highest BCUT2D eigenvalue weighted by Crippen LogP contribution is 2.18. The molecule has 1 aromatic carbocycles. The molecular weight excluding hydrogens is 254 g/mol. The second-order valence-electron chi connectivity index (χ2n) is 2.41. The second kappa shape index (κ2) is 4.71. The van der Waals surface area contributed by atoms with Gasteiger partial charge in [0.1, 0.15) is 6.61 Å². The second-order valence-corrected chi connectivity index (χ2v) is 3.06. The van der Waals surface area contributed by atoms with Crippen LogP contribution in [0.1, 0.15) is 5.56 Å². The predicted octanol–water partition coefficient (Wildman–Crippen LogP) is 2.63. The molecule has 0 spiro atoms. The van der Waals surface area contributed by atoms with Crippen LogP contribution in [-0.2, 0) is 11.3 Å². The number of nitro benzene ring substituents is 1. The van der Waals surface area contributed by atoms with Crippen LogP contribution in [-0.4, -0.2) is 9.80 Å². The number of nitrogens with zero attached hydrogens (tertiary/aromatic N) is 1. The van der Waals surface area contributed by atoms with Crippen molar-refractivity contribution < 1.29 is 14.5 Å². The molecule has 0 fully saturated rings. The maximum Gasteiger partial charge on any atom is 0.374 e. The molecule has 0 amide bonds. The molecule has 6 heteroatoms. The summed E-state index contributed by atoms with van der Waals surface area (Å²) in [6.07, 6.45) is 0. The lowest BCUT2D eigenvalue weighted by atomic mass is 10.2. The largest absolute Gasteiger partial charge is 0.452 e. The van der Waals surface area contributed by atoms with Crippen molar-refractivity contribution in [3.05, 3.63) is 39.9 Å². The van der Waals surface area contributed by atoms with Crippen molar-refractivity contribution >= 4 is 26.5 Å². The molecule has 0 saturated carbocycles. The minimum absolute atomic E-state index is 0.0544. The molecule has 5 nitrogen and oxygen atoms in total. The van der Waals surface area contributed by atoms with Gasteiger partial charge in [-0.05, 0) is 6.07 Å². The lowest BCUT2D eigenvalue weighted by molar-refractivity contribution is -0.385. The molecule has 0 bridgehead atoms. The minimum atomic E-state index is -0.643. The van der Waals surface area contributed by atoms with Gasteiger partial charge in [0.05, 0.1) is 10.5 Å². The highest BCUT2D eigenvalue weighted by molar-refractivity contribution is 9.18. The molecule has 0 aliphatic carbocycles. The van der Waals surface area contributed by atoms with Crippen LogP contribution in [0.4, 0.5) is 10.5 Å². The number of hydrogen-bond donors (Lipinski definition) is 0. The first-order chi connectivity index (χ1) is 6.61. The monoisotopic (exact) mass is 259 g/mol. The minimum Gasteiger partial charge on any atom is -0.452 e. The zero-order valence-electron chi connectivity index (χ0n) is 6.97. The summed E-state index contributed by atoms with van der Waals surface area (Å²) in [6, 6.07) is 6.09. The molecule has 0 saturated heterocycles. The lowest BCUT2D eigenvalue weighted by Crippen LogP contribution is -1.99. The predicted molar refractivity (Wildman–Crippen MR) is 52.2 cm³/mol. The fourth-order valence-corrected chi connectivity index (χ4v) is 1.06. The number of hydrogen-bond acceptors (Lipinski definition) is 4. The number of nitro groups is 1. The zero-order chi connectivity index (χ0) is 10.6. The molecule has 14 heavy (non-hydrogen) atoms. The van der Waals surface area contributed by atoms with Gasteiger partial charge in [0.25, 0.3) is 5.69 Å². The summed E-state index contributed by atoms with van der Waals surface area (Å²) in [7, 11) is 0. The summed E-state index contributed by atoms with van der Waals surface area (Å²) in [5.41, 5.74) is 0.312. The van der Waals surface area contributed by atoms with Gasteiger partial charge in [0.15, 0.2) is 0 Å². The van der Waals surface area contributed by atoms with Crippen molar-refractivity contribution in [3.63, 3.8) is 0 Å². The van der Waals surface area contributed by atoms with Crippen LogP contribution in [0.15, 0.2) is 24.3 Å². The number of ether oxygens (including phenoxy) is 1. The topological polar surface area (TPSA) is 69.4 Å². The third-order valence-corrected chi connectivity index (χ3v) is 1.76. The van der Waals surface area contributed by atoms with E-state index in [1.165, 1.54) is 12.1 Å². The molecule has 1 rings (SSSR count). The average molecular weight is 260 g/mol.